The topological polar surface area (TPSA) is 53.4 Å². The van der Waals surface area contributed by atoms with Crippen LogP contribution in [0.2, 0.25) is 0 Å². The third-order valence-corrected chi connectivity index (χ3v) is 4.20. The Labute approximate surface area is 133 Å². The highest BCUT2D eigenvalue weighted by Crippen LogP contribution is 2.05. The summed E-state index contributed by atoms with van der Waals surface area (Å²) in [6, 6.07) is 1.90. The predicted octanol–water partition coefficient (Wildman–Crippen LogP) is 0.740. The van der Waals surface area contributed by atoms with Crippen LogP contribution in [0.3, 0.4) is 0 Å². The fraction of sp³-hybridized carbons (Fsp3) is 0.750. The first-order valence-electron chi connectivity index (χ1n) is 8.32. The molecule has 1 saturated heterocycles. The number of carbonyl (C=O) groups is 1. The highest BCUT2D eigenvalue weighted by atomic mass is 16.2. The summed E-state index contributed by atoms with van der Waals surface area (Å²) >= 11 is 0. The van der Waals surface area contributed by atoms with E-state index in [0.717, 1.165) is 64.2 Å². The summed E-state index contributed by atoms with van der Waals surface area (Å²) in [6.45, 7) is 8.44. The van der Waals surface area contributed by atoms with Gasteiger partial charge in [-0.3, -0.25) is 9.48 Å². The number of aromatic nitrogens is 2. The molecule has 0 aromatic carbocycles. The molecule has 1 amide bonds. The molecule has 6 heteroatoms. The number of nitrogens with zero attached hydrogens (tertiary/aromatic N) is 4. The number of rotatable bonds is 7. The van der Waals surface area contributed by atoms with Crippen molar-refractivity contribution in [3.63, 3.8) is 0 Å². The minimum absolute atomic E-state index is 0.0178. The maximum atomic E-state index is 12.2. The summed E-state index contributed by atoms with van der Waals surface area (Å²) in [4.78, 5) is 17.0. The Morgan fingerprint density at radius 3 is 2.68 bits per heavy atom. The molecule has 1 fully saturated rings. The van der Waals surface area contributed by atoms with Crippen molar-refractivity contribution in [2.75, 3.05) is 46.3 Å². The zero-order valence-electron chi connectivity index (χ0n) is 14.1. The van der Waals surface area contributed by atoms with E-state index < -0.39 is 0 Å². The van der Waals surface area contributed by atoms with Gasteiger partial charge in [0.15, 0.2) is 0 Å². The van der Waals surface area contributed by atoms with Crippen molar-refractivity contribution in [3.05, 3.63) is 17.5 Å². The van der Waals surface area contributed by atoms with Crippen LogP contribution in [0, 0.1) is 0 Å². The zero-order valence-corrected chi connectivity index (χ0v) is 14.1. The Balaban J connectivity index is 1.69. The van der Waals surface area contributed by atoms with Gasteiger partial charge in [0.1, 0.15) is 5.69 Å². The molecule has 22 heavy (non-hydrogen) atoms. The zero-order chi connectivity index (χ0) is 15.9. The number of likely N-dealkylation sites (N-methyl/N-ethyl adjacent to an activating group) is 1. The van der Waals surface area contributed by atoms with Crippen LogP contribution in [-0.4, -0.2) is 71.8 Å². The molecular formula is C16H29N5O. The van der Waals surface area contributed by atoms with Gasteiger partial charge in [0.05, 0.1) is 5.69 Å². The Kier molecular flexibility index (Phi) is 6.39. The van der Waals surface area contributed by atoms with Gasteiger partial charge in [-0.2, -0.15) is 5.10 Å². The minimum Gasteiger partial charge on any atom is -0.351 e. The Hall–Kier alpha value is -1.40. The van der Waals surface area contributed by atoms with Crippen molar-refractivity contribution in [3.8, 4) is 0 Å². The molecular weight excluding hydrogens is 278 g/mol. The molecule has 1 aromatic rings. The molecule has 0 radical (unpaired) electrons. The van der Waals surface area contributed by atoms with E-state index in [4.69, 9.17) is 0 Å². The Bertz CT molecular complexity index is 477. The second kappa shape index (κ2) is 8.29. The fourth-order valence-corrected chi connectivity index (χ4v) is 2.78. The average molecular weight is 307 g/mol. The van der Waals surface area contributed by atoms with Crippen LogP contribution in [-0.2, 0) is 13.5 Å². The molecule has 2 rings (SSSR count). The van der Waals surface area contributed by atoms with E-state index >= 15 is 0 Å². The van der Waals surface area contributed by atoms with Gasteiger partial charge in [0.2, 0.25) is 0 Å². The molecule has 0 saturated carbocycles. The van der Waals surface area contributed by atoms with E-state index in [1.807, 2.05) is 13.1 Å². The molecule has 0 aliphatic carbocycles. The maximum Gasteiger partial charge on any atom is 0.269 e. The minimum atomic E-state index is -0.0178. The third kappa shape index (κ3) is 4.81. The van der Waals surface area contributed by atoms with Crippen LogP contribution in [0.15, 0.2) is 6.07 Å². The molecule has 1 aliphatic heterocycles. The van der Waals surface area contributed by atoms with E-state index in [2.05, 4.69) is 34.2 Å². The molecule has 0 unspecified atom stereocenters. The second-order valence-electron chi connectivity index (χ2n) is 6.15. The lowest BCUT2D eigenvalue weighted by Crippen LogP contribution is -2.45. The summed E-state index contributed by atoms with van der Waals surface area (Å²) in [5.74, 6) is -0.0178. The van der Waals surface area contributed by atoms with E-state index in [1.165, 1.54) is 0 Å². The summed E-state index contributed by atoms with van der Waals surface area (Å²) in [5.41, 5.74) is 1.65. The van der Waals surface area contributed by atoms with E-state index in [-0.39, 0.29) is 5.91 Å². The largest absolute Gasteiger partial charge is 0.351 e. The molecule has 124 valence electrons. The van der Waals surface area contributed by atoms with Crippen molar-refractivity contribution in [2.45, 2.75) is 26.2 Å². The van der Waals surface area contributed by atoms with Gasteiger partial charge in [-0.25, -0.2) is 0 Å². The maximum absolute atomic E-state index is 12.2. The predicted molar refractivity (Wildman–Crippen MR) is 88.1 cm³/mol. The van der Waals surface area contributed by atoms with E-state index in [9.17, 15) is 4.79 Å². The first kappa shape index (κ1) is 17.0. The molecule has 1 aliphatic rings. The molecule has 0 spiro atoms. The summed E-state index contributed by atoms with van der Waals surface area (Å²) in [5, 5.41) is 7.38. The van der Waals surface area contributed by atoms with Crippen LogP contribution >= 0.6 is 0 Å². The van der Waals surface area contributed by atoms with Crippen molar-refractivity contribution in [1.82, 2.24) is 24.9 Å². The first-order chi connectivity index (χ1) is 10.6. The molecule has 0 bridgehead atoms. The SMILES string of the molecule is CCCc1cc(C(=O)NCCCN2CCN(C)CC2)n(C)n1. The number of hydrogen-bond donors (Lipinski definition) is 1. The number of carbonyl (C=O) groups excluding carboxylic acids is 1. The number of hydrogen-bond acceptors (Lipinski definition) is 4. The first-order valence-corrected chi connectivity index (χ1v) is 8.32. The van der Waals surface area contributed by atoms with Gasteiger partial charge < -0.3 is 15.1 Å². The van der Waals surface area contributed by atoms with Crippen LogP contribution in [0.1, 0.15) is 35.9 Å². The van der Waals surface area contributed by atoms with Crippen LogP contribution < -0.4 is 5.32 Å². The lowest BCUT2D eigenvalue weighted by Gasteiger charge is -2.32. The fourth-order valence-electron chi connectivity index (χ4n) is 2.78. The number of piperazine rings is 1. The third-order valence-electron chi connectivity index (χ3n) is 4.20. The second-order valence-corrected chi connectivity index (χ2v) is 6.15. The van der Waals surface area contributed by atoms with Crippen LogP contribution in [0.4, 0.5) is 0 Å². The smallest absolute Gasteiger partial charge is 0.269 e. The van der Waals surface area contributed by atoms with Gasteiger partial charge in [-0.05, 0) is 32.5 Å². The van der Waals surface area contributed by atoms with Gasteiger partial charge in [0, 0.05) is 39.8 Å². The molecule has 6 nitrogen and oxygen atoms in total. The quantitative estimate of drug-likeness (QED) is 0.755. The standard InChI is InChI=1S/C16H29N5O/c1-4-6-14-13-15(20(3)18-14)16(22)17-7-5-8-21-11-9-19(2)10-12-21/h13H,4-12H2,1-3H3,(H,17,22). The van der Waals surface area contributed by atoms with Crippen LogP contribution in [0.25, 0.3) is 0 Å². The average Bonchev–Trinajstić information content (AvgIpc) is 2.86. The summed E-state index contributed by atoms with van der Waals surface area (Å²) in [6.07, 6.45) is 2.96. The number of nitrogens with one attached hydrogen (secondary N) is 1. The highest BCUT2D eigenvalue weighted by Gasteiger charge is 2.14. The van der Waals surface area contributed by atoms with Gasteiger partial charge in [-0.15, -0.1) is 0 Å². The van der Waals surface area contributed by atoms with Gasteiger partial charge >= 0.3 is 0 Å². The monoisotopic (exact) mass is 307 g/mol. The summed E-state index contributed by atoms with van der Waals surface area (Å²) in [7, 11) is 4.00. The molecule has 2 heterocycles. The van der Waals surface area contributed by atoms with Crippen molar-refractivity contribution in [1.29, 1.82) is 0 Å². The normalized spacial score (nSPS) is 16.9. The van der Waals surface area contributed by atoms with Crippen molar-refractivity contribution < 1.29 is 4.79 Å². The Morgan fingerprint density at radius 2 is 2.00 bits per heavy atom. The van der Waals surface area contributed by atoms with Gasteiger partial charge in [-0.1, -0.05) is 13.3 Å². The van der Waals surface area contributed by atoms with Crippen molar-refractivity contribution >= 4 is 5.91 Å². The van der Waals surface area contributed by atoms with Gasteiger partial charge in [0.25, 0.3) is 5.91 Å². The highest BCUT2D eigenvalue weighted by molar-refractivity contribution is 5.92. The lowest BCUT2D eigenvalue weighted by atomic mass is 10.2. The Morgan fingerprint density at radius 1 is 1.27 bits per heavy atom. The van der Waals surface area contributed by atoms with Crippen LogP contribution in [0.5, 0.6) is 0 Å². The van der Waals surface area contributed by atoms with E-state index in [0.29, 0.717) is 5.69 Å². The molecule has 0 atom stereocenters. The number of amides is 1. The van der Waals surface area contributed by atoms with Crippen molar-refractivity contribution in [2.24, 2.45) is 7.05 Å². The molecule has 1 aromatic heterocycles. The summed E-state index contributed by atoms with van der Waals surface area (Å²) < 4.78 is 1.68. The molecule has 1 N–H and O–H groups in total. The van der Waals surface area contributed by atoms with E-state index in [1.54, 1.807) is 4.68 Å². The number of aryl methyl sites for hydroxylation is 2. The lowest BCUT2D eigenvalue weighted by molar-refractivity contribution is 0.0940.